The van der Waals surface area contributed by atoms with Crippen LogP contribution in [0.5, 0.6) is 0 Å². The van der Waals surface area contributed by atoms with E-state index in [4.69, 9.17) is 0 Å². The van der Waals surface area contributed by atoms with Gasteiger partial charge >= 0.3 is 0 Å². The minimum absolute atomic E-state index is 0.0683. The van der Waals surface area contributed by atoms with Crippen LogP contribution in [0.3, 0.4) is 0 Å². The van der Waals surface area contributed by atoms with Crippen LogP contribution >= 0.6 is 15.9 Å². The van der Waals surface area contributed by atoms with Gasteiger partial charge in [-0.15, -0.1) is 0 Å². The molecular weight excluding hydrogens is 322 g/mol. The van der Waals surface area contributed by atoms with Crippen LogP contribution in [0, 0.1) is 0 Å². The molecule has 20 heavy (non-hydrogen) atoms. The lowest BCUT2D eigenvalue weighted by Crippen LogP contribution is -2.51. The Morgan fingerprint density at radius 2 is 1.80 bits per heavy atom. The van der Waals surface area contributed by atoms with Crippen LogP contribution in [0.15, 0.2) is 22.8 Å². The van der Waals surface area contributed by atoms with E-state index in [1.54, 1.807) is 11.8 Å². The Morgan fingerprint density at radius 3 is 2.35 bits per heavy atom. The molecule has 6 heteroatoms. The van der Waals surface area contributed by atoms with Crippen LogP contribution in [0.25, 0.3) is 0 Å². The third-order valence-corrected chi connectivity index (χ3v) is 4.03. The van der Waals surface area contributed by atoms with Gasteiger partial charge in [0.2, 0.25) is 11.8 Å². The van der Waals surface area contributed by atoms with Crippen molar-refractivity contribution >= 4 is 27.7 Å². The summed E-state index contributed by atoms with van der Waals surface area (Å²) in [6, 6.07) is 5.58. The highest BCUT2D eigenvalue weighted by atomic mass is 79.9. The molecule has 0 aromatic carbocycles. The molecule has 108 valence electrons. The maximum absolute atomic E-state index is 12.5. The zero-order valence-corrected chi connectivity index (χ0v) is 13.3. The topological polar surface area (TPSA) is 53.5 Å². The number of hydrogen-bond donors (Lipinski definition) is 0. The normalized spacial score (nSPS) is 16.9. The Hall–Kier alpha value is -1.43. The first-order valence-corrected chi connectivity index (χ1v) is 7.45. The van der Waals surface area contributed by atoms with Crippen LogP contribution in [0.2, 0.25) is 0 Å². The van der Waals surface area contributed by atoms with Crippen molar-refractivity contribution in [1.29, 1.82) is 0 Å². The van der Waals surface area contributed by atoms with E-state index in [2.05, 4.69) is 20.9 Å². The Labute approximate surface area is 127 Å². The summed E-state index contributed by atoms with van der Waals surface area (Å²) in [5.74, 6) is -0.131. The third kappa shape index (κ3) is 3.36. The van der Waals surface area contributed by atoms with Crippen molar-refractivity contribution in [3.63, 3.8) is 0 Å². The molecule has 0 N–H and O–H groups in total. The average Bonchev–Trinajstić information content (AvgIpc) is 2.46. The van der Waals surface area contributed by atoms with Crippen LogP contribution in [0.4, 0.5) is 0 Å². The van der Waals surface area contributed by atoms with Crippen LogP contribution in [0.1, 0.15) is 25.5 Å². The number of carbonyl (C=O) groups is 2. The number of carbonyl (C=O) groups excluding carboxylic acids is 2. The van der Waals surface area contributed by atoms with E-state index in [0.717, 1.165) is 10.3 Å². The molecule has 0 saturated carbocycles. The van der Waals surface area contributed by atoms with Crippen molar-refractivity contribution in [2.24, 2.45) is 0 Å². The SMILES string of the molecule is CC(=O)N1CCN(C(=O)C(C)c2cccc(Br)n2)CC1. The second kappa shape index (κ2) is 6.35. The summed E-state index contributed by atoms with van der Waals surface area (Å²) in [5, 5.41) is 0. The molecule has 2 amide bonds. The van der Waals surface area contributed by atoms with E-state index in [1.807, 2.05) is 30.0 Å². The molecule has 0 bridgehead atoms. The second-order valence-corrected chi connectivity index (χ2v) is 5.75. The third-order valence-electron chi connectivity index (χ3n) is 3.59. The first-order valence-electron chi connectivity index (χ1n) is 6.66. The van der Waals surface area contributed by atoms with Gasteiger partial charge in [0.1, 0.15) is 4.60 Å². The van der Waals surface area contributed by atoms with Crippen molar-refractivity contribution in [1.82, 2.24) is 14.8 Å². The molecule has 1 aliphatic rings. The van der Waals surface area contributed by atoms with Crippen molar-refractivity contribution in [3.8, 4) is 0 Å². The number of nitrogens with zero attached hydrogens (tertiary/aromatic N) is 3. The van der Waals surface area contributed by atoms with Gasteiger partial charge in [-0.3, -0.25) is 9.59 Å². The summed E-state index contributed by atoms with van der Waals surface area (Å²) in [7, 11) is 0. The number of halogens is 1. The van der Waals surface area contributed by atoms with E-state index in [9.17, 15) is 9.59 Å². The van der Waals surface area contributed by atoms with Gasteiger partial charge in [0, 0.05) is 33.1 Å². The Balaban J connectivity index is 2.00. The predicted octanol–water partition coefficient (Wildman–Crippen LogP) is 1.64. The summed E-state index contributed by atoms with van der Waals surface area (Å²) in [6.45, 7) is 5.84. The molecule has 0 spiro atoms. The molecule has 1 aromatic rings. The number of aromatic nitrogens is 1. The van der Waals surface area contributed by atoms with Gasteiger partial charge in [0.05, 0.1) is 11.6 Å². The van der Waals surface area contributed by atoms with Gasteiger partial charge in [-0.2, -0.15) is 0 Å². The molecule has 1 fully saturated rings. The summed E-state index contributed by atoms with van der Waals surface area (Å²) in [5.41, 5.74) is 0.762. The number of pyridine rings is 1. The van der Waals surface area contributed by atoms with Crippen molar-refractivity contribution < 1.29 is 9.59 Å². The Kier molecular flexibility index (Phi) is 4.75. The highest BCUT2D eigenvalue weighted by Crippen LogP contribution is 2.19. The summed E-state index contributed by atoms with van der Waals surface area (Å²) in [6.07, 6.45) is 0. The number of piperazine rings is 1. The smallest absolute Gasteiger partial charge is 0.231 e. The van der Waals surface area contributed by atoms with Gasteiger partial charge in [-0.1, -0.05) is 6.07 Å². The summed E-state index contributed by atoms with van der Waals surface area (Å²) >= 11 is 3.32. The largest absolute Gasteiger partial charge is 0.339 e. The van der Waals surface area contributed by atoms with E-state index in [0.29, 0.717) is 26.2 Å². The summed E-state index contributed by atoms with van der Waals surface area (Å²) < 4.78 is 0.732. The van der Waals surface area contributed by atoms with Crippen LogP contribution < -0.4 is 0 Å². The maximum Gasteiger partial charge on any atom is 0.231 e. The van der Waals surface area contributed by atoms with E-state index < -0.39 is 0 Å². The first kappa shape index (κ1) is 15.0. The van der Waals surface area contributed by atoms with Crippen molar-refractivity contribution in [3.05, 3.63) is 28.5 Å². The standard InChI is InChI=1S/C14H18BrN3O2/c1-10(12-4-3-5-13(15)16-12)14(20)18-8-6-17(7-9-18)11(2)19/h3-5,10H,6-9H2,1-2H3. The lowest BCUT2D eigenvalue weighted by atomic mass is 10.1. The highest BCUT2D eigenvalue weighted by Gasteiger charge is 2.27. The molecule has 1 saturated heterocycles. The zero-order chi connectivity index (χ0) is 14.7. The minimum atomic E-state index is -0.267. The molecule has 0 aliphatic carbocycles. The second-order valence-electron chi connectivity index (χ2n) is 4.94. The fourth-order valence-electron chi connectivity index (χ4n) is 2.31. The molecule has 1 atom stereocenters. The molecule has 2 heterocycles. The number of amides is 2. The molecule has 0 radical (unpaired) electrons. The van der Waals surface area contributed by atoms with Gasteiger partial charge in [-0.25, -0.2) is 4.98 Å². The average molecular weight is 340 g/mol. The maximum atomic E-state index is 12.5. The number of hydrogen-bond acceptors (Lipinski definition) is 3. The van der Waals surface area contributed by atoms with Crippen molar-refractivity contribution in [2.45, 2.75) is 19.8 Å². The van der Waals surface area contributed by atoms with Gasteiger partial charge in [0.15, 0.2) is 0 Å². The lowest BCUT2D eigenvalue weighted by molar-refractivity contribution is -0.139. The minimum Gasteiger partial charge on any atom is -0.339 e. The Bertz CT molecular complexity index is 513. The summed E-state index contributed by atoms with van der Waals surface area (Å²) in [4.78, 5) is 31.6. The van der Waals surface area contributed by atoms with E-state index in [-0.39, 0.29) is 17.7 Å². The Morgan fingerprint density at radius 1 is 1.20 bits per heavy atom. The predicted molar refractivity (Wildman–Crippen MR) is 79.2 cm³/mol. The van der Waals surface area contributed by atoms with Gasteiger partial charge < -0.3 is 9.80 Å². The lowest BCUT2D eigenvalue weighted by Gasteiger charge is -2.35. The van der Waals surface area contributed by atoms with E-state index >= 15 is 0 Å². The zero-order valence-electron chi connectivity index (χ0n) is 11.7. The highest BCUT2D eigenvalue weighted by molar-refractivity contribution is 9.10. The fourth-order valence-corrected chi connectivity index (χ4v) is 2.66. The molecule has 1 aliphatic heterocycles. The van der Waals surface area contributed by atoms with Crippen LogP contribution in [-0.2, 0) is 9.59 Å². The monoisotopic (exact) mass is 339 g/mol. The first-order chi connectivity index (χ1) is 9.49. The quantitative estimate of drug-likeness (QED) is 0.769. The van der Waals surface area contributed by atoms with Crippen LogP contribution in [-0.4, -0.2) is 52.8 Å². The molecular formula is C14H18BrN3O2. The van der Waals surface area contributed by atoms with Crippen molar-refractivity contribution in [2.75, 3.05) is 26.2 Å². The fraction of sp³-hybridized carbons (Fsp3) is 0.500. The molecule has 1 unspecified atom stereocenters. The molecule has 2 rings (SSSR count). The van der Waals surface area contributed by atoms with Gasteiger partial charge in [-0.05, 0) is 35.0 Å². The van der Waals surface area contributed by atoms with E-state index in [1.165, 1.54) is 0 Å². The number of rotatable bonds is 2. The van der Waals surface area contributed by atoms with Gasteiger partial charge in [0.25, 0.3) is 0 Å². The molecule has 5 nitrogen and oxygen atoms in total. The molecule has 1 aromatic heterocycles.